The van der Waals surface area contributed by atoms with Crippen LogP contribution in [0.15, 0.2) is 18.2 Å². The van der Waals surface area contributed by atoms with E-state index in [1.807, 2.05) is 0 Å². The highest BCUT2D eigenvalue weighted by molar-refractivity contribution is 5.72. The SMILES string of the molecule is CC(=O)NCC(O)C(O)c1cc(C)cc(F)c1. The number of nitrogens with one attached hydrogen (secondary N) is 1. The number of carbonyl (C=O) groups is 1. The van der Waals surface area contributed by atoms with E-state index in [2.05, 4.69) is 5.32 Å². The van der Waals surface area contributed by atoms with Gasteiger partial charge in [-0.3, -0.25) is 4.79 Å². The van der Waals surface area contributed by atoms with Crippen LogP contribution in [0.4, 0.5) is 4.39 Å². The Labute approximate surface area is 99.1 Å². The van der Waals surface area contributed by atoms with Crippen LogP contribution < -0.4 is 5.32 Å². The second-order valence-electron chi connectivity index (χ2n) is 4.01. The molecule has 2 atom stereocenters. The van der Waals surface area contributed by atoms with Gasteiger partial charge in [-0.25, -0.2) is 4.39 Å². The van der Waals surface area contributed by atoms with E-state index in [1.54, 1.807) is 13.0 Å². The molecule has 94 valence electrons. The topological polar surface area (TPSA) is 69.6 Å². The monoisotopic (exact) mass is 241 g/mol. The summed E-state index contributed by atoms with van der Waals surface area (Å²) < 4.78 is 13.1. The van der Waals surface area contributed by atoms with Crippen LogP contribution in [0.5, 0.6) is 0 Å². The van der Waals surface area contributed by atoms with Gasteiger partial charge in [-0.15, -0.1) is 0 Å². The third-order valence-electron chi connectivity index (χ3n) is 2.33. The first-order valence-corrected chi connectivity index (χ1v) is 5.28. The van der Waals surface area contributed by atoms with Gasteiger partial charge in [-0.1, -0.05) is 6.07 Å². The highest BCUT2D eigenvalue weighted by atomic mass is 19.1. The molecule has 0 aliphatic heterocycles. The zero-order chi connectivity index (χ0) is 13.0. The molecule has 0 saturated carbocycles. The number of carbonyl (C=O) groups excluding carboxylic acids is 1. The fourth-order valence-electron chi connectivity index (χ4n) is 1.52. The number of amides is 1. The van der Waals surface area contributed by atoms with Crippen molar-refractivity contribution in [1.29, 1.82) is 0 Å². The van der Waals surface area contributed by atoms with E-state index in [1.165, 1.54) is 13.0 Å². The Kier molecular flexibility index (Phi) is 4.60. The van der Waals surface area contributed by atoms with E-state index in [0.717, 1.165) is 6.07 Å². The molecule has 0 saturated heterocycles. The summed E-state index contributed by atoms with van der Waals surface area (Å²) in [5.41, 5.74) is 0.950. The summed E-state index contributed by atoms with van der Waals surface area (Å²) in [5, 5.41) is 21.8. The highest BCUT2D eigenvalue weighted by Crippen LogP contribution is 2.19. The van der Waals surface area contributed by atoms with Gasteiger partial charge >= 0.3 is 0 Å². The first-order chi connectivity index (χ1) is 7.90. The van der Waals surface area contributed by atoms with Crippen LogP contribution in [-0.4, -0.2) is 28.8 Å². The second-order valence-corrected chi connectivity index (χ2v) is 4.01. The van der Waals surface area contributed by atoms with Crippen molar-refractivity contribution in [2.45, 2.75) is 26.1 Å². The van der Waals surface area contributed by atoms with Crippen LogP contribution in [0.2, 0.25) is 0 Å². The van der Waals surface area contributed by atoms with E-state index in [0.29, 0.717) is 11.1 Å². The molecule has 0 aliphatic rings. The molecule has 0 bridgehead atoms. The van der Waals surface area contributed by atoms with Crippen LogP contribution in [0.1, 0.15) is 24.2 Å². The summed E-state index contributed by atoms with van der Waals surface area (Å²) in [5.74, 6) is -0.766. The van der Waals surface area contributed by atoms with E-state index in [-0.39, 0.29) is 12.5 Å². The minimum Gasteiger partial charge on any atom is -0.388 e. The van der Waals surface area contributed by atoms with Gasteiger partial charge in [0.25, 0.3) is 0 Å². The first kappa shape index (κ1) is 13.6. The van der Waals surface area contributed by atoms with E-state index >= 15 is 0 Å². The maximum atomic E-state index is 13.1. The largest absolute Gasteiger partial charge is 0.388 e. The smallest absolute Gasteiger partial charge is 0.216 e. The maximum Gasteiger partial charge on any atom is 0.216 e. The van der Waals surface area contributed by atoms with Crippen molar-refractivity contribution in [3.8, 4) is 0 Å². The number of benzene rings is 1. The number of aryl methyl sites for hydroxylation is 1. The van der Waals surface area contributed by atoms with Gasteiger partial charge in [0.05, 0.1) is 0 Å². The minimum absolute atomic E-state index is 0.0773. The molecule has 3 N–H and O–H groups in total. The van der Waals surface area contributed by atoms with Gasteiger partial charge in [0.1, 0.15) is 18.0 Å². The first-order valence-electron chi connectivity index (χ1n) is 5.28. The summed E-state index contributed by atoms with van der Waals surface area (Å²) in [4.78, 5) is 10.7. The third-order valence-corrected chi connectivity index (χ3v) is 2.33. The van der Waals surface area contributed by atoms with Gasteiger partial charge in [-0.05, 0) is 30.2 Å². The molecule has 0 radical (unpaired) electrons. The number of rotatable bonds is 4. The van der Waals surface area contributed by atoms with Crippen molar-refractivity contribution in [2.24, 2.45) is 0 Å². The predicted molar refractivity (Wildman–Crippen MR) is 60.8 cm³/mol. The highest BCUT2D eigenvalue weighted by Gasteiger charge is 2.19. The number of hydrogen-bond donors (Lipinski definition) is 3. The van der Waals surface area contributed by atoms with Crippen molar-refractivity contribution < 1.29 is 19.4 Å². The second kappa shape index (κ2) is 5.75. The predicted octanol–water partition coefficient (Wildman–Crippen LogP) is 0.665. The van der Waals surface area contributed by atoms with Crippen molar-refractivity contribution in [3.63, 3.8) is 0 Å². The zero-order valence-corrected chi connectivity index (χ0v) is 9.77. The number of halogens is 1. The fraction of sp³-hybridized carbons (Fsp3) is 0.417. The summed E-state index contributed by atoms with van der Waals surface area (Å²) >= 11 is 0. The van der Waals surface area contributed by atoms with Crippen LogP contribution in [0, 0.1) is 12.7 Å². The van der Waals surface area contributed by atoms with Gasteiger partial charge in [0, 0.05) is 13.5 Å². The van der Waals surface area contributed by atoms with Gasteiger partial charge < -0.3 is 15.5 Å². The lowest BCUT2D eigenvalue weighted by molar-refractivity contribution is -0.119. The van der Waals surface area contributed by atoms with Crippen LogP contribution in [-0.2, 0) is 4.79 Å². The molecule has 1 aromatic carbocycles. The van der Waals surface area contributed by atoms with Crippen molar-refractivity contribution >= 4 is 5.91 Å². The van der Waals surface area contributed by atoms with Gasteiger partial charge in [-0.2, -0.15) is 0 Å². The molecule has 1 rings (SSSR count). The molecule has 4 nitrogen and oxygen atoms in total. The minimum atomic E-state index is -1.23. The molecule has 0 aromatic heterocycles. The zero-order valence-electron chi connectivity index (χ0n) is 9.77. The number of aliphatic hydroxyl groups is 2. The standard InChI is InChI=1S/C12H16FNO3/c1-7-3-9(5-10(13)4-7)12(17)11(16)6-14-8(2)15/h3-5,11-12,16-17H,6H2,1-2H3,(H,14,15). The summed E-state index contributed by atoms with van der Waals surface area (Å²) in [7, 11) is 0. The molecule has 0 heterocycles. The lowest BCUT2D eigenvalue weighted by Gasteiger charge is -2.18. The molecule has 0 fully saturated rings. The lowest BCUT2D eigenvalue weighted by Crippen LogP contribution is -2.34. The fourth-order valence-corrected chi connectivity index (χ4v) is 1.52. The Morgan fingerprint density at radius 1 is 1.41 bits per heavy atom. The lowest BCUT2D eigenvalue weighted by atomic mass is 10.0. The maximum absolute atomic E-state index is 13.1. The van der Waals surface area contributed by atoms with E-state index in [4.69, 9.17) is 0 Å². The summed E-state index contributed by atoms with van der Waals surface area (Å²) in [6, 6.07) is 4.08. The van der Waals surface area contributed by atoms with Crippen molar-refractivity contribution in [1.82, 2.24) is 5.32 Å². The Bertz CT molecular complexity index is 388. The van der Waals surface area contributed by atoms with Gasteiger partial charge in [0.15, 0.2) is 0 Å². The summed E-state index contributed by atoms with van der Waals surface area (Å²) in [6.45, 7) is 2.93. The molecule has 1 amide bonds. The third kappa shape index (κ3) is 4.13. The van der Waals surface area contributed by atoms with Gasteiger partial charge in [0.2, 0.25) is 5.91 Å². The molecule has 0 spiro atoms. The van der Waals surface area contributed by atoms with E-state index < -0.39 is 18.0 Å². The molecule has 5 heteroatoms. The average Bonchev–Trinajstić information content (AvgIpc) is 2.23. The van der Waals surface area contributed by atoms with Crippen molar-refractivity contribution in [2.75, 3.05) is 6.54 Å². The Morgan fingerprint density at radius 3 is 2.59 bits per heavy atom. The molecule has 17 heavy (non-hydrogen) atoms. The molecular weight excluding hydrogens is 225 g/mol. The summed E-state index contributed by atoms with van der Waals surface area (Å²) in [6.07, 6.45) is -2.39. The van der Waals surface area contributed by atoms with Crippen LogP contribution in [0.25, 0.3) is 0 Å². The van der Waals surface area contributed by atoms with Crippen LogP contribution in [0.3, 0.4) is 0 Å². The van der Waals surface area contributed by atoms with Crippen molar-refractivity contribution in [3.05, 3.63) is 35.1 Å². The molecular formula is C12H16FNO3. The molecule has 0 aliphatic carbocycles. The Morgan fingerprint density at radius 2 is 2.06 bits per heavy atom. The number of hydrogen-bond acceptors (Lipinski definition) is 3. The van der Waals surface area contributed by atoms with E-state index in [9.17, 15) is 19.4 Å². The molecule has 2 unspecified atom stereocenters. The normalized spacial score (nSPS) is 14.2. The quantitative estimate of drug-likeness (QED) is 0.725. The molecule has 1 aromatic rings. The number of aliphatic hydroxyl groups excluding tert-OH is 2. The van der Waals surface area contributed by atoms with Crippen LogP contribution >= 0.6 is 0 Å². The average molecular weight is 241 g/mol. The Hall–Kier alpha value is -1.46. The Balaban J connectivity index is 2.73.